The van der Waals surface area contributed by atoms with Gasteiger partial charge in [0.15, 0.2) is 0 Å². The summed E-state index contributed by atoms with van der Waals surface area (Å²) < 4.78 is 5.64. The van der Waals surface area contributed by atoms with Gasteiger partial charge in [-0.1, -0.05) is 60.7 Å². The summed E-state index contributed by atoms with van der Waals surface area (Å²) in [6.45, 7) is 2.00. The van der Waals surface area contributed by atoms with Crippen LogP contribution in [-0.4, -0.2) is 40.3 Å². The number of H-pyrrole nitrogens is 1. The fourth-order valence-electron chi connectivity index (χ4n) is 4.52. The zero-order valence-electron chi connectivity index (χ0n) is 16.4. The van der Waals surface area contributed by atoms with E-state index in [0.717, 1.165) is 36.2 Å². The normalized spacial score (nSPS) is 18.8. The van der Waals surface area contributed by atoms with E-state index in [-0.39, 0.29) is 17.9 Å². The number of ether oxygens (including phenoxy) is 1. The molecule has 1 aromatic heterocycles. The highest BCUT2D eigenvalue weighted by Gasteiger charge is 2.33. The van der Waals surface area contributed by atoms with Gasteiger partial charge in [-0.2, -0.15) is 5.10 Å². The molecule has 0 bridgehead atoms. The smallest absolute Gasteiger partial charge is 0.252 e. The third kappa shape index (κ3) is 3.47. The second kappa shape index (κ2) is 7.84. The number of hydrogen-bond acceptors (Lipinski definition) is 3. The Morgan fingerprint density at radius 2 is 1.76 bits per heavy atom. The molecule has 1 atom stereocenters. The van der Waals surface area contributed by atoms with Gasteiger partial charge in [-0.25, -0.2) is 0 Å². The molecular formula is C24H25N3O2. The van der Waals surface area contributed by atoms with Crippen LogP contribution in [0, 0.1) is 0 Å². The number of carbonyl (C=O) groups is 1. The molecule has 1 amide bonds. The first-order valence-corrected chi connectivity index (χ1v) is 10.4. The van der Waals surface area contributed by atoms with Crippen LogP contribution in [0.5, 0.6) is 0 Å². The van der Waals surface area contributed by atoms with Crippen molar-refractivity contribution in [2.45, 2.75) is 37.8 Å². The molecule has 29 heavy (non-hydrogen) atoms. The number of amides is 1. The highest BCUT2D eigenvalue weighted by atomic mass is 16.5. The fourth-order valence-corrected chi connectivity index (χ4v) is 4.52. The van der Waals surface area contributed by atoms with Crippen LogP contribution in [0.4, 0.5) is 0 Å². The minimum absolute atomic E-state index is 0.0372. The summed E-state index contributed by atoms with van der Waals surface area (Å²) >= 11 is 0. The summed E-state index contributed by atoms with van der Waals surface area (Å²) in [7, 11) is 0. The van der Waals surface area contributed by atoms with Crippen molar-refractivity contribution >= 4 is 5.91 Å². The Morgan fingerprint density at radius 1 is 1.07 bits per heavy atom. The maximum absolute atomic E-state index is 12.9. The molecule has 3 heterocycles. The summed E-state index contributed by atoms with van der Waals surface area (Å²) in [5.74, 6) is 0.159. The van der Waals surface area contributed by atoms with Gasteiger partial charge in [0.05, 0.1) is 11.6 Å². The minimum Gasteiger partial charge on any atom is -0.368 e. The van der Waals surface area contributed by atoms with Crippen molar-refractivity contribution in [3.8, 4) is 0 Å². The summed E-state index contributed by atoms with van der Waals surface area (Å²) in [4.78, 5) is 14.9. The van der Waals surface area contributed by atoms with Gasteiger partial charge < -0.3 is 9.64 Å². The Labute approximate surface area is 170 Å². The number of aromatic amines is 1. The number of rotatable bonds is 4. The molecule has 3 aromatic rings. The molecule has 5 nitrogen and oxygen atoms in total. The Kier molecular flexibility index (Phi) is 4.90. The lowest BCUT2D eigenvalue weighted by Crippen LogP contribution is -2.42. The van der Waals surface area contributed by atoms with E-state index in [0.29, 0.717) is 19.7 Å². The van der Waals surface area contributed by atoms with Gasteiger partial charge in [-0.05, 0) is 24.0 Å². The third-order valence-electron chi connectivity index (χ3n) is 6.02. The first kappa shape index (κ1) is 18.1. The quantitative estimate of drug-likeness (QED) is 0.743. The van der Waals surface area contributed by atoms with Crippen molar-refractivity contribution in [3.05, 3.63) is 88.7 Å². The number of nitrogens with one attached hydrogen (secondary N) is 1. The van der Waals surface area contributed by atoms with Crippen LogP contribution in [0.15, 0.2) is 60.7 Å². The second-order valence-electron chi connectivity index (χ2n) is 7.83. The molecular weight excluding hydrogens is 362 g/mol. The molecule has 1 fully saturated rings. The van der Waals surface area contributed by atoms with Gasteiger partial charge in [0.1, 0.15) is 6.10 Å². The van der Waals surface area contributed by atoms with E-state index in [1.807, 2.05) is 17.0 Å². The first-order valence-electron chi connectivity index (χ1n) is 10.4. The average molecular weight is 387 g/mol. The number of hydrogen-bond donors (Lipinski definition) is 1. The van der Waals surface area contributed by atoms with Crippen LogP contribution in [0.3, 0.4) is 0 Å². The summed E-state index contributed by atoms with van der Waals surface area (Å²) in [6.07, 6.45) is 2.33. The van der Waals surface area contributed by atoms with E-state index in [4.69, 9.17) is 9.84 Å². The molecule has 148 valence electrons. The zero-order valence-corrected chi connectivity index (χ0v) is 16.4. The number of aromatic nitrogens is 2. The molecule has 0 spiro atoms. The fraction of sp³-hybridized carbons (Fsp3) is 0.333. The van der Waals surface area contributed by atoms with Crippen molar-refractivity contribution < 1.29 is 9.53 Å². The van der Waals surface area contributed by atoms with E-state index in [9.17, 15) is 4.79 Å². The first-order chi connectivity index (χ1) is 14.3. The van der Waals surface area contributed by atoms with Crippen LogP contribution in [0.25, 0.3) is 0 Å². The Bertz CT molecular complexity index is 938. The molecule has 5 heteroatoms. The molecule has 2 aliphatic rings. The van der Waals surface area contributed by atoms with Gasteiger partial charge in [-0.15, -0.1) is 0 Å². The Balaban J connectivity index is 1.51. The van der Waals surface area contributed by atoms with Crippen LogP contribution >= 0.6 is 0 Å². The predicted molar refractivity (Wildman–Crippen MR) is 111 cm³/mol. The molecule has 0 saturated carbocycles. The van der Waals surface area contributed by atoms with E-state index in [1.54, 1.807) is 0 Å². The predicted octanol–water partition coefficient (Wildman–Crippen LogP) is 3.65. The molecule has 0 aliphatic carbocycles. The standard InChI is InChI=1S/C24H25N3O2/c28-24(21-12-7-15-29-21)27-14-13-20-19(16-27)23(26-25-20)22(17-8-3-1-4-9-17)18-10-5-2-6-11-18/h1-6,8-11,21-22H,7,12-16H2,(H,25,26). The summed E-state index contributed by atoms with van der Waals surface area (Å²) in [5.41, 5.74) is 5.72. The second-order valence-corrected chi connectivity index (χ2v) is 7.83. The average Bonchev–Trinajstić information content (AvgIpc) is 3.45. The minimum atomic E-state index is -0.272. The van der Waals surface area contributed by atoms with Gasteiger partial charge in [0.2, 0.25) is 0 Å². The van der Waals surface area contributed by atoms with Crippen molar-refractivity contribution in [2.75, 3.05) is 13.2 Å². The number of nitrogens with zero attached hydrogens (tertiary/aromatic N) is 2. The highest BCUT2D eigenvalue weighted by Crippen LogP contribution is 2.35. The van der Waals surface area contributed by atoms with Crippen LogP contribution in [0.2, 0.25) is 0 Å². The number of carbonyl (C=O) groups excluding carboxylic acids is 1. The topological polar surface area (TPSA) is 58.2 Å². The zero-order chi connectivity index (χ0) is 19.6. The highest BCUT2D eigenvalue weighted by molar-refractivity contribution is 5.81. The largest absolute Gasteiger partial charge is 0.368 e. The summed E-state index contributed by atoms with van der Waals surface area (Å²) in [6, 6.07) is 20.9. The lowest BCUT2D eigenvalue weighted by Gasteiger charge is -2.30. The molecule has 1 N–H and O–H groups in total. The van der Waals surface area contributed by atoms with E-state index in [2.05, 4.69) is 53.6 Å². The van der Waals surface area contributed by atoms with Gasteiger partial charge in [0, 0.05) is 37.4 Å². The van der Waals surface area contributed by atoms with Gasteiger partial charge in [-0.3, -0.25) is 9.89 Å². The SMILES string of the molecule is O=C(C1CCCO1)N1CCc2[nH]nc(C(c3ccccc3)c3ccccc3)c2C1. The monoisotopic (exact) mass is 387 g/mol. The molecule has 1 unspecified atom stereocenters. The Hall–Kier alpha value is -2.92. The third-order valence-corrected chi connectivity index (χ3v) is 6.02. The van der Waals surface area contributed by atoms with Crippen LogP contribution in [-0.2, 0) is 22.5 Å². The van der Waals surface area contributed by atoms with Crippen molar-refractivity contribution in [1.82, 2.24) is 15.1 Å². The van der Waals surface area contributed by atoms with E-state index in [1.165, 1.54) is 11.1 Å². The Morgan fingerprint density at radius 3 is 2.38 bits per heavy atom. The maximum Gasteiger partial charge on any atom is 0.252 e. The molecule has 0 radical (unpaired) electrons. The molecule has 2 aliphatic heterocycles. The molecule has 1 saturated heterocycles. The van der Waals surface area contributed by atoms with Crippen molar-refractivity contribution in [1.29, 1.82) is 0 Å². The van der Waals surface area contributed by atoms with Crippen LogP contribution < -0.4 is 0 Å². The van der Waals surface area contributed by atoms with Crippen LogP contribution in [0.1, 0.15) is 46.8 Å². The number of benzene rings is 2. The van der Waals surface area contributed by atoms with E-state index >= 15 is 0 Å². The van der Waals surface area contributed by atoms with Gasteiger partial charge in [0.25, 0.3) is 5.91 Å². The van der Waals surface area contributed by atoms with E-state index < -0.39 is 0 Å². The van der Waals surface area contributed by atoms with Crippen molar-refractivity contribution in [2.24, 2.45) is 0 Å². The van der Waals surface area contributed by atoms with Crippen molar-refractivity contribution in [3.63, 3.8) is 0 Å². The molecule has 2 aromatic carbocycles. The summed E-state index contributed by atoms with van der Waals surface area (Å²) in [5, 5.41) is 8.00. The number of fused-ring (bicyclic) bond motifs is 1. The maximum atomic E-state index is 12.9. The lowest BCUT2D eigenvalue weighted by molar-refractivity contribution is -0.141. The van der Waals surface area contributed by atoms with Gasteiger partial charge >= 0.3 is 0 Å². The lowest BCUT2D eigenvalue weighted by atomic mass is 9.85. The molecule has 5 rings (SSSR count).